The summed E-state index contributed by atoms with van der Waals surface area (Å²) in [6, 6.07) is 8.62. The quantitative estimate of drug-likeness (QED) is 0.334. The van der Waals surface area contributed by atoms with Gasteiger partial charge in [-0.3, -0.25) is 15.6 Å². The molecule has 0 fully saturated rings. The fourth-order valence-electron chi connectivity index (χ4n) is 1.19. The molecule has 1 aromatic rings. The second kappa shape index (κ2) is 6.31. The molecule has 7 heteroatoms. The first-order valence-electron chi connectivity index (χ1n) is 5.26. The lowest BCUT2D eigenvalue weighted by molar-refractivity contribution is -0.159. The third-order valence-electron chi connectivity index (χ3n) is 2.41. The van der Waals surface area contributed by atoms with E-state index < -0.39 is 30.8 Å². The molecule has 6 N–H and O–H groups in total. The third kappa shape index (κ3) is 3.41. The van der Waals surface area contributed by atoms with Crippen molar-refractivity contribution in [2.24, 2.45) is 0 Å². The Morgan fingerprint density at radius 3 is 2.28 bits per heavy atom. The molecule has 0 aliphatic carbocycles. The van der Waals surface area contributed by atoms with Crippen molar-refractivity contribution in [3.8, 4) is 0 Å². The number of benzene rings is 1. The van der Waals surface area contributed by atoms with Crippen LogP contribution in [0.15, 0.2) is 30.3 Å². The molecule has 0 saturated heterocycles. The van der Waals surface area contributed by atoms with Gasteiger partial charge in [0.1, 0.15) is 5.60 Å². The predicted octanol–water partition coefficient (Wildman–Crippen LogP) is -1.79. The van der Waals surface area contributed by atoms with E-state index in [0.717, 1.165) is 0 Å². The zero-order chi connectivity index (χ0) is 13.6. The van der Waals surface area contributed by atoms with E-state index in [9.17, 15) is 15.0 Å². The molecule has 0 heterocycles. The van der Waals surface area contributed by atoms with Gasteiger partial charge in [0.2, 0.25) is 0 Å². The smallest absolute Gasteiger partial charge is 0.270 e. The normalized spacial score (nSPS) is 12.9. The standard InChI is InChI=1S/C11H16N2O5/c14-6-11(18,7-15)9(16)10(17)13-12-8-4-2-1-3-5-8/h1-5,9,12,14-16,18H,6-7H2,(H,13,17)/t9-/m1/s1. The number of carbonyl (C=O) groups is 1. The SMILES string of the molecule is O=C(NNc1ccccc1)[C@@H](O)C(O)(CO)CO. The van der Waals surface area contributed by atoms with Crippen LogP contribution in [0.3, 0.4) is 0 Å². The number of amides is 1. The summed E-state index contributed by atoms with van der Waals surface area (Å²) in [6.07, 6.45) is -1.95. The van der Waals surface area contributed by atoms with Gasteiger partial charge < -0.3 is 20.4 Å². The molecule has 0 bridgehead atoms. The number of hydrogen-bond acceptors (Lipinski definition) is 6. The minimum absolute atomic E-state index is 0.578. The van der Waals surface area contributed by atoms with Gasteiger partial charge in [-0.1, -0.05) is 18.2 Å². The van der Waals surface area contributed by atoms with Crippen LogP contribution in [0.1, 0.15) is 0 Å². The molecule has 0 aromatic heterocycles. The Morgan fingerprint density at radius 2 is 1.78 bits per heavy atom. The van der Waals surface area contributed by atoms with Gasteiger partial charge in [0, 0.05) is 0 Å². The second-order valence-electron chi connectivity index (χ2n) is 3.80. The Bertz CT molecular complexity index is 380. The van der Waals surface area contributed by atoms with Gasteiger partial charge >= 0.3 is 0 Å². The molecule has 1 rings (SSSR count). The van der Waals surface area contributed by atoms with E-state index in [4.69, 9.17) is 10.2 Å². The van der Waals surface area contributed by atoms with E-state index in [-0.39, 0.29) is 0 Å². The molecule has 0 saturated carbocycles. The molecule has 7 nitrogen and oxygen atoms in total. The maximum absolute atomic E-state index is 11.5. The topological polar surface area (TPSA) is 122 Å². The van der Waals surface area contributed by atoms with Crippen molar-refractivity contribution >= 4 is 11.6 Å². The van der Waals surface area contributed by atoms with E-state index in [1.165, 1.54) is 0 Å². The Kier molecular flexibility index (Phi) is 5.05. The van der Waals surface area contributed by atoms with Crippen molar-refractivity contribution < 1.29 is 25.2 Å². The predicted molar refractivity (Wildman–Crippen MR) is 63.3 cm³/mol. The fraction of sp³-hybridized carbons (Fsp3) is 0.364. The van der Waals surface area contributed by atoms with Gasteiger partial charge in [-0.15, -0.1) is 0 Å². The van der Waals surface area contributed by atoms with Gasteiger partial charge in [0.25, 0.3) is 5.91 Å². The zero-order valence-electron chi connectivity index (χ0n) is 9.58. The summed E-state index contributed by atoms with van der Waals surface area (Å²) in [4.78, 5) is 11.5. The summed E-state index contributed by atoms with van der Waals surface area (Å²) >= 11 is 0. The molecular formula is C11H16N2O5. The van der Waals surface area contributed by atoms with Gasteiger partial charge in [0.05, 0.1) is 18.9 Å². The highest BCUT2D eigenvalue weighted by Gasteiger charge is 2.39. The van der Waals surface area contributed by atoms with Gasteiger partial charge in [-0.05, 0) is 12.1 Å². The van der Waals surface area contributed by atoms with Crippen molar-refractivity contribution in [1.29, 1.82) is 0 Å². The fourth-order valence-corrected chi connectivity index (χ4v) is 1.19. The number of carbonyl (C=O) groups excluding carboxylic acids is 1. The number of anilines is 1. The average Bonchev–Trinajstić information content (AvgIpc) is 2.44. The zero-order valence-corrected chi connectivity index (χ0v) is 9.58. The maximum atomic E-state index is 11.5. The molecule has 0 spiro atoms. The summed E-state index contributed by atoms with van der Waals surface area (Å²) in [5.41, 5.74) is 2.97. The molecule has 1 amide bonds. The first-order valence-corrected chi connectivity index (χ1v) is 5.26. The van der Waals surface area contributed by atoms with E-state index in [2.05, 4.69) is 10.9 Å². The monoisotopic (exact) mass is 256 g/mol. The number of aliphatic hydroxyl groups is 4. The number of rotatable bonds is 6. The molecule has 100 valence electrons. The van der Waals surface area contributed by atoms with Crippen LogP contribution in [-0.4, -0.2) is 51.3 Å². The maximum Gasteiger partial charge on any atom is 0.270 e. The van der Waals surface area contributed by atoms with Gasteiger partial charge in [0.15, 0.2) is 6.10 Å². The molecule has 0 aliphatic rings. The van der Waals surface area contributed by atoms with E-state index in [0.29, 0.717) is 5.69 Å². The first kappa shape index (κ1) is 14.4. The van der Waals surface area contributed by atoms with Crippen molar-refractivity contribution in [2.75, 3.05) is 18.6 Å². The van der Waals surface area contributed by atoms with Crippen LogP contribution >= 0.6 is 0 Å². The highest BCUT2D eigenvalue weighted by molar-refractivity contribution is 5.83. The van der Waals surface area contributed by atoms with Crippen LogP contribution < -0.4 is 10.9 Å². The minimum atomic E-state index is -2.28. The second-order valence-corrected chi connectivity index (χ2v) is 3.80. The van der Waals surface area contributed by atoms with Crippen LogP contribution in [0.5, 0.6) is 0 Å². The van der Waals surface area contributed by atoms with Gasteiger partial charge in [-0.2, -0.15) is 0 Å². The molecule has 0 unspecified atom stereocenters. The summed E-state index contributed by atoms with van der Waals surface area (Å²) in [5.74, 6) is -0.968. The lowest BCUT2D eigenvalue weighted by Gasteiger charge is -2.28. The van der Waals surface area contributed by atoms with Crippen molar-refractivity contribution in [3.63, 3.8) is 0 Å². The highest BCUT2D eigenvalue weighted by atomic mass is 16.4. The van der Waals surface area contributed by atoms with Crippen molar-refractivity contribution in [2.45, 2.75) is 11.7 Å². The number of para-hydroxylation sites is 1. The molecule has 0 aliphatic heterocycles. The molecule has 0 radical (unpaired) electrons. The lowest BCUT2D eigenvalue weighted by atomic mass is 9.98. The molecule has 1 aromatic carbocycles. The van der Waals surface area contributed by atoms with Crippen LogP contribution in [0.4, 0.5) is 5.69 Å². The summed E-state index contributed by atoms with van der Waals surface area (Å²) < 4.78 is 0. The van der Waals surface area contributed by atoms with Crippen LogP contribution in [0.25, 0.3) is 0 Å². The summed E-state index contributed by atoms with van der Waals surface area (Å²) in [6.45, 7) is -1.88. The number of hydrazine groups is 1. The Morgan fingerprint density at radius 1 is 1.22 bits per heavy atom. The first-order chi connectivity index (χ1) is 8.53. The van der Waals surface area contributed by atoms with E-state index in [1.54, 1.807) is 30.3 Å². The highest BCUT2D eigenvalue weighted by Crippen LogP contribution is 2.10. The number of nitrogens with one attached hydrogen (secondary N) is 2. The van der Waals surface area contributed by atoms with Crippen molar-refractivity contribution in [3.05, 3.63) is 30.3 Å². The lowest BCUT2D eigenvalue weighted by Crippen LogP contribution is -2.56. The van der Waals surface area contributed by atoms with Crippen LogP contribution in [0, 0.1) is 0 Å². The van der Waals surface area contributed by atoms with Crippen molar-refractivity contribution in [1.82, 2.24) is 5.43 Å². The third-order valence-corrected chi connectivity index (χ3v) is 2.41. The van der Waals surface area contributed by atoms with Crippen LogP contribution in [-0.2, 0) is 4.79 Å². The summed E-state index contributed by atoms with van der Waals surface area (Å²) in [5, 5.41) is 36.7. The number of aliphatic hydroxyl groups excluding tert-OH is 3. The molecular weight excluding hydrogens is 240 g/mol. The summed E-state index contributed by atoms with van der Waals surface area (Å²) in [7, 11) is 0. The Balaban J connectivity index is 2.55. The Hall–Kier alpha value is -1.67. The van der Waals surface area contributed by atoms with Gasteiger partial charge in [-0.25, -0.2) is 0 Å². The average molecular weight is 256 g/mol. The minimum Gasteiger partial charge on any atom is -0.393 e. The van der Waals surface area contributed by atoms with E-state index in [1.807, 2.05) is 0 Å². The van der Waals surface area contributed by atoms with Crippen LogP contribution in [0.2, 0.25) is 0 Å². The number of hydrogen-bond donors (Lipinski definition) is 6. The molecule has 18 heavy (non-hydrogen) atoms. The molecule has 1 atom stereocenters. The van der Waals surface area contributed by atoms with E-state index >= 15 is 0 Å². The Labute approximate surface area is 104 Å². The largest absolute Gasteiger partial charge is 0.393 e.